The lowest BCUT2D eigenvalue weighted by Gasteiger charge is -2.05. The number of hydrogen-bond donors (Lipinski definition) is 2. The van der Waals surface area contributed by atoms with Gasteiger partial charge in [-0.3, -0.25) is 14.4 Å². The number of rotatable bonds is 11. The molecule has 0 unspecified atom stereocenters. The zero-order chi connectivity index (χ0) is 14.5. The SMILES string of the molecule is O=C(O)CCCOC(=O)CCCOC(=O)CCCO. The van der Waals surface area contributed by atoms with E-state index < -0.39 is 17.9 Å². The Kier molecular flexibility index (Phi) is 10.5. The van der Waals surface area contributed by atoms with Gasteiger partial charge in [-0.15, -0.1) is 0 Å². The van der Waals surface area contributed by atoms with Crippen LogP contribution in [-0.2, 0) is 23.9 Å². The van der Waals surface area contributed by atoms with Crippen LogP contribution in [0, 0.1) is 0 Å². The second-order valence-electron chi connectivity index (χ2n) is 3.87. The first-order valence-corrected chi connectivity index (χ1v) is 6.20. The van der Waals surface area contributed by atoms with Crippen molar-refractivity contribution in [2.45, 2.75) is 38.5 Å². The number of hydrogen-bond acceptors (Lipinski definition) is 6. The third kappa shape index (κ3) is 12.6. The van der Waals surface area contributed by atoms with E-state index >= 15 is 0 Å². The summed E-state index contributed by atoms with van der Waals surface area (Å²) < 4.78 is 9.60. The molecule has 0 fully saturated rings. The second-order valence-corrected chi connectivity index (χ2v) is 3.87. The van der Waals surface area contributed by atoms with Crippen LogP contribution in [0.3, 0.4) is 0 Å². The quantitative estimate of drug-likeness (QED) is 0.417. The van der Waals surface area contributed by atoms with E-state index in [-0.39, 0.29) is 45.5 Å². The summed E-state index contributed by atoms with van der Waals surface area (Å²) >= 11 is 0. The van der Waals surface area contributed by atoms with Crippen LogP contribution >= 0.6 is 0 Å². The Labute approximate surface area is 111 Å². The van der Waals surface area contributed by atoms with Crippen LogP contribution < -0.4 is 0 Å². The number of aliphatic hydroxyl groups is 1. The van der Waals surface area contributed by atoms with E-state index in [1.165, 1.54) is 0 Å². The summed E-state index contributed by atoms with van der Waals surface area (Å²) in [5.74, 6) is -1.76. The molecule has 7 heteroatoms. The first-order valence-electron chi connectivity index (χ1n) is 6.20. The molecule has 0 aliphatic heterocycles. The Balaban J connectivity index is 3.38. The molecule has 0 aromatic carbocycles. The summed E-state index contributed by atoms with van der Waals surface area (Å²) in [6.45, 7) is 0.160. The lowest BCUT2D eigenvalue weighted by atomic mass is 10.3. The van der Waals surface area contributed by atoms with Crippen LogP contribution in [0.2, 0.25) is 0 Å². The number of aliphatic hydroxyl groups excluding tert-OH is 1. The van der Waals surface area contributed by atoms with E-state index in [1.807, 2.05) is 0 Å². The number of carbonyl (C=O) groups excluding carboxylic acids is 2. The van der Waals surface area contributed by atoms with Crippen molar-refractivity contribution in [1.29, 1.82) is 0 Å². The van der Waals surface area contributed by atoms with Crippen LogP contribution in [-0.4, -0.2) is 47.9 Å². The maximum atomic E-state index is 11.2. The Morgan fingerprint density at radius 1 is 0.789 bits per heavy atom. The molecule has 0 heterocycles. The minimum atomic E-state index is -0.925. The van der Waals surface area contributed by atoms with Gasteiger partial charge in [-0.25, -0.2) is 0 Å². The number of carboxylic acids is 1. The van der Waals surface area contributed by atoms with Gasteiger partial charge in [0.25, 0.3) is 0 Å². The number of aliphatic carboxylic acids is 1. The van der Waals surface area contributed by atoms with Crippen LogP contribution in [0.5, 0.6) is 0 Å². The highest BCUT2D eigenvalue weighted by molar-refractivity contribution is 5.70. The lowest BCUT2D eigenvalue weighted by Crippen LogP contribution is -2.10. The average Bonchev–Trinajstić information content (AvgIpc) is 2.37. The predicted molar refractivity (Wildman–Crippen MR) is 64.3 cm³/mol. The predicted octanol–water partition coefficient (Wildman–Crippen LogP) is 0.490. The van der Waals surface area contributed by atoms with Gasteiger partial charge in [0.05, 0.1) is 13.2 Å². The zero-order valence-corrected chi connectivity index (χ0v) is 10.8. The van der Waals surface area contributed by atoms with E-state index in [2.05, 4.69) is 0 Å². The maximum Gasteiger partial charge on any atom is 0.305 e. The minimum absolute atomic E-state index is 0.0320. The molecule has 0 bridgehead atoms. The van der Waals surface area contributed by atoms with E-state index in [9.17, 15) is 14.4 Å². The third-order valence-electron chi connectivity index (χ3n) is 2.13. The molecule has 0 spiro atoms. The van der Waals surface area contributed by atoms with Crippen LogP contribution in [0.4, 0.5) is 0 Å². The third-order valence-corrected chi connectivity index (χ3v) is 2.13. The normalized spacial score (nSPS) is 9.95. The number of ether oxygens (including phenoxy) is 2. The largest absolute Gasteiger partial charge is 0.481 e. The van der Waals surface area contributed by atoms with Crippen LogP contribution in [0.1, 0.15) is 38.5 Å². The molecule has 0 atom stereocenters. The summed E-state index contributed by atoms with van der Waals surface area (Å²) in [5.41, 5.74) is 0. The molecule has 2 N–H and O–H groups in total. The van der Waals surface area contributed by atoms with Gasteiger partial charge in [-0.1, -0.05) is 0 Å². The van der Waals surface area contributed by atoms with E-state index in [0.717, 1.165) is 0 Å². The van der Waals surface area contributed by atoms with Gasteiger partial charge in [-0.2, -0.15) is 0 Å². The standard InChI is InChI=1S/C12H20O7/c13-7-1-5-11(16)19-9-3-6-12(17)18-8-2-4-10(14)15/h13H,1-9H2,(H,14,15). The molecular formula is C12H20O7. The van der Waals surface area contributed by atoms with Crippen LogP contribution in [0.25, 0.3) is 0 Å². The van der Waals surface area contributed by atoms with Crippen molar-refractivity contribution in [1.82, 2.24) is 0 Å². The minimum Gasteiger partial charge on any atom is -0.481 e. The Hall–Kier alpha value is -1.63. The molecule has 0 amide bonds. The topological polar surface area (TPSA) is 110 Å². The fraction of sp³-hybridized carbons (Fsp3) is 0.750. The lowest BCUT2D eigenvalue weighted by molar-refractivity contribution is -0.148. The summed E-state index contributed by atoms with van der Waals surface area (Å²) in [5, 5.41) is 16.9. The van der Waals surface area contributed by atoms with E-state index in [4.69, 9.17) is 19.7 Å². The van der Waals surface area contributed by atoms with Crippen molar-refractivity contribution >= 4 is 17.9 Å². The molecule has 0 aromatic heterocycles. The van der Waals surface area contributed by atoms with Crippen molar-refractivity contribution in [3.05, 3.63) is 0 Å². The Bertz CT molecular complexity index is 288. The highest BCUT2D eigenvalue weighted by Crippen LogP contribution is 1.98. The molecule has 0 saturated heterocycles. The molecule has 0 aromatic rings. The molecule has 7 nitrogen and oxygen atoms in total. The van der Waals surface area contributed by atoms with E-state index in [1.54, 1.807) is 0 Å². The summed E-state index contributed by atoms with van der Waals surface area (Å²) in [6.07, 6.45) is 1.27. The zero-order valence-electron chi connectivity index (χ0n) is 10.8. The molecule has 0 rings (SSSR count). The molecule has 0 aliphatic rings. The van der Waals surface area contributed by atoms with Gasteiger partial charge < -0.3 is 19.7 Å². The maximum absolute atomic E-state index is 11.2. The molecule has 0 saturated carbocycles. The van der Waals surface area contributed by atoms with Gasteiger partial charge in [0.1, 0.15) is 0 Å². The number of carbonyl (C=O) groups is 3. The van der Waals surface area contributed by atoms with E-state index in [0.29, 0.717) is 12.8 Å². The first kappa shape index (κ1) is 17.4. The molecule has 0 radical (unpaired) electrons. The van der Waals surface area contributed by atoms with Crippen LogP contribution in [0.15, 0.2) is 0 Å². The molecular weight excluding hydrogens is 256 g/mol. The van der Waals surface area contributed by atoms with Crippen molar-refractivity contribution in [3.8, 4) is 0 Å². The van der Waals surface area contributed by atoms with Gasteiger partial charge in [0.15, 0.2) is 0 Å². The monoisotopic (exact) mass is 276 g/mol. The number of carboxylic acid groups (broad SMARTS) is 1. The molecule has 19 heavy (non-hydrogen) atoms. The highest BCUT2D eigenvalue weighted by Gasteiger charge is 2.06. The van der Waals surface area contributed by atoms with Crippen molar-refractivity contribution in [3.63, 3.8) is 0 Å². The first-order chi connectivity index (χ1) is 9.06. The number of esters is 2. The molecule has 110 valence electrons. The van der Waals surface area contributed by atoms with Gasteiger partial charge in [0, 0.05) is 25.9 Å². The second kappa shape index (κ2) is 11.5. The van der Waals surface area contributed by atoms with Gasteiger partial charge in [-0.05, 0) is 19.3 Å². The highest BCUT2D eigenvalue weighted by atomic mass is 16.5. The summed E-state index contributed by atoms with van der Waals surface area (Å²) in [6, 6.07) is 0. The average molecular weight is 276 g/mol. The smallest absolute Gasteiger partial charge is 0.305 e. The molecule has 0 aliphatic carbocycles. The fourth-order valence-corrected chi connectivity index (χ4v) is 1.18. The summed E-state index contributed by atoms with van der Waals surface area (Å²) in [7, 11) is 0. The fourth-order valence-electron chi connectivity index (χ4n) is 1.18. The van der Waals surface area contributed by atoms with Gasteiger partial charge in [0.2, 0.25) is 0 Å². The Morgan fingerprint density at radius 2 is 1.26 bits per heavy atom. The van der Waals surface area contributed by atoms with Crippen molar-refractivity contribution in [2.75, 3.05) is 19.8 Å². The summed E-state index contributed by atoms with van der Waals surface area (Å²) in [4.78, 5) is 32.4. The van der Waals surface area contributed by atoms with Crippen molar-refractivity contribution in [2.24, 2.45) is 0 Å². The van der Waals surface area contributed by atoms with Gasteiger partial charge >= 0.3 is 17.9 Å². The van der Waals surface area contributed by atoms with Crippen molar-refractivity contribution < 1.29 is 34.1 Å². The Morgan fingerprint density at radius 3 is 1.74 bits per heavy atom.